The number of aliphatic imine (C=N–C) groups is 1. The van der Waals surface area contributed by atoms with Gasteiger partial charge < -0.3 is 15.7 Å². The number of nitrogens with zero attached hydrogens (tertiary/aromatic N) is 2. The first-order valence-electron chi connectivity index (χ1n) is 11.0. The Balaban J connectivity index is 0.00000289. The molecule has 1 saturated heterocycles. The molecule has 2 fully saturated rings. The van der Waals surface area contributed by atoms with Crippen LogP contribution in [-0.2, 0) is 9.59 Å². The largest absolute Gasteiger partial charge is 0.386 e. The molecule has 0 radical (unpaired) electrons. The number of carbonyl (C=O) groups excluding carboxylic acids is 2. The summed E-state index contributed by atoms with van der Waals surface area (Å²) in [5, 5.41) is 16.5. The molecule has 7 nitrogen and oxygen atoms in total. The number of fused-ring (bicyclic) bond motifs is 5. The van der Waals surface area contributed by atoms with Gasteiger partial charge in [0.25, 0.3) is 0 Å². The van der Waals surface area contributed by atoms with Crippen molar-refractivity contribution in [2.45, 2.75) is 25.9 Å². The van der Waals surface area contributed by atoms with E-state index in [-0.39, 0.29) is 71.6 Å². The van der Waals surface area contributed by atoms with Gasteiger partial charge in [0.05, 0.1) is 18.4 Å². The average molecular weight is 556 g/mol. The maximum absolute atomic E-state index is 13.8. The van der Waals surface area contributed by atoms with Crippen molar-refractivity contribution in [1.82, 2.24) is 15.5 Å². The zero-order chi connectivity index (χ0) is 22.0. The first-order valence-corrected chi connectivity index (χ1v) is 11.0. The van der Waals surface area contributed by atoms with Gasteiger partial charge in [-0.15, -0.1) is 24.0 Å². The Morgan fingerprint density at radius 3 is 2.47 bits per heavy atom. The van der Waals surface area contributed by atoms with E-state index in [4.69, 9.17) is 0 Å². The van der Waals surface area contributed by atoms with E-state index in [2.05, 4.69) is 27.8 Å². The number of halogens is 2. The molecule has 3 N–H and O–H groups in total. The minimum Gasteiger partial charge on any atom is -0.386 e. The Kier molecular flexibility index (Phi) is 8.26. The number of imide groups is 1. The summed E-state index contributed by atoms with van der Waals surface area (Å²) in [6.07, 6.45) is 4.68. The van der Waals surface area contributed by atoms with E-state index < -0.39 is 11.9 Å². The van der Waals surface area contributed by atoms with Crippen molar-refractivity contribution in [3.8, 4) is 0 Å². The molecular weight excluding hydrogens is 526 g/mol. The third kappa shape index (κ3) is 4.83. The summed E-state index contributed by atoms with van der Waals surface area (Å²) in [6, 6.07) is 6.09. The van der Waals surface area contributed by atoms with Gasteiger partial charge in [-0.05, 0) is 37.7 Å². The number of guanidine groups is 1. The minimum absolute atomic E-state index is 0. The van der Waals surface area contributed by atoms with E-state index >= 15 is 0 Å². The molecule has 174 valence electrons. The van der Waals surface area contributed by atoms with E-state index in [0.717, 1.165) is 6.42 Å². The van der Waals surface area contributed by atoms with E-state index in [1.54, 1.807) is 12.1 Å². The number of hydrogen-bond donors (Lipinski definition) is 3. The van der Waals surface area contributed by atoms with Crippen molar-refractivity contribution in [1.29, 1.82) is 0 Å². The molecule has 5 atom stereocenters. The number of carbonyl (C=O) groups is 2. The molecule has 1 aromatic carbocycles. The van der Waals surface area contributed by atoms with Gasteiger partial charge in [-0.25, -0.2) is 4.39 Å². The highest BCUT2D eigenvalue weighted by atomic mass is 127. The number of aliphatic hydroxyl groups excluding tert-OH is 1. The van der Waals surface area contributed by atoms with Crippen molar-refractivity contribution in [2.75, 3.05) is 26.2 Å². The number of likely N-dealkylation sites (tertiary alicyclic amines) is 1. The molecule has 4 rings (SSSR count). The Hall–Kier alpha value is -2.01. The summed E-state index contributed by atoms with van der Waals surface area (Å²) in [7, 11) is 0. The number of nitrogens with one attached hydrogen (secondary N) is 2. The summed E-state index contributed by atoms with van der Waals surface area (Å²) in [4.78, 5) is 31.2. The Bertz CT molecular complexity index is 879. The molecule has 1 heterocycles. The first-order chi connectivity index (χ1) is 15.0. The van der Waals surface area contributed by atoms with Gasteiger partial charge in [0, 0.05) is 25.2 Å². The highest BCUT2D eigenvalue weighted by Crippen LogP contribution is 2.52. The highest BCUT2D eigenvalue weighted by Gasteiger charge is 2.58. The molecule has 1 aliphatic heterocycles. The van der Waals surface area contributed by atoms with Crippen molar-refractivity contribution < 1.29 is 19.1 Å². The monoisotopic (exact) mass is 556 g/mol. The van der Waals surface area contributed by atoms with E-state index in [1.807, 2.05) is 6.92 Å². The third-order valence-corrected chi connectivity index (χ3v) is 6.44. The molecule has 0 spiro atoms. The van der Waals surface area contributed by atoms with Crippen molar-refractivity contribution >= 4 is 41.8 Å². The summed E-state index contributed by atoms with van der Waals surface area (Å²) >= 11 is 0. The maximum atomic E-state index is 13.8. The lowest BCUT2D eigenvalue weighted by atomic mass is 9.85. The quantitative estimate of drug-likeness (QED) is 0.114. The van der Waals surface area contributed by atoms with Crippen LogP contribution in [0.25, 0.3) is 0 Å². The SMILES string of the molecule is CCNC(=NCC(O)c1ccccc1F)NCCCN1C(=O)C2C3C=CC(C3)C2C1=O.I. The predicted molar refractivity (Wildman–Crippen MR) is 130 cm³/mol. The van der Waals surface area contributed by atoms with Crippen LogP contribution in [0.4, 0.5) is 4.39 Å². The Morgan fingerprint density at radius 1 is 1.19 bits per heavy atom. The zero-order valence-electron chi connectivity index (χ0n) is 18.0. The smallest absolute Gasteiger partial charge is 0.233 e. The maximum Gasteiger partial charge on any atom is 0.233 e. The van der Waals surface area contributed by atoms with Crippen LogP contribution in [0.1, 0.15) is 31.4 Å². The van der Waals surface area contributed by atoms with Crippen LogP contribution in [0, 0.1) is 29.5 Å². The molecule has 2 amide bonds. The first kappa shape index (κ1) is 24.6. The van der Waals surface area contributed by atoms with Crippen LogP contribution in [-0.4, -0.2) is 54.0 Å². The van der Waals surface area contributed by atoms with E-state index in [9.17, 15) is 19.1 Å². The molecule has 0 aromatic heterocycles. The summed E-state index contributed by atoms with van der Waals surface area (Å²) in [6.45, 7) is 3.46. The zero-order valence-corrected chi connectivity index (χ0v) is 20.4. The van der Waals surface area contributed by atoms with Crippen LogP contribution in [0.15, 0.2) is 41.4 Å². The van der Waals surface area contributed by atoms with Crippen LogP contribution in [0.3, 0.4) is 0 Å². The van der Waals surface area contributed by atoms with E-state index in [1.165, 1.54) is 17.0 Å². The number of hydrogen-bond acceptors (Lipinski definition) is 4. The molecular formula is C23H30FIN4O3. The number of benzene rings is 1. The number of rotatable bonds is 8. The van der Waals surface area contributed by atoms with Crippen molar-refractivity contribution in [3.63, 3.8) is 0 Å². The normalized spacial score (nSPS) is 26.8. The summed E-state index contributed by atoms with van der Waals surface area (Å²) < 4.78 is 13.8. The fourth-order valence-electron chi connectivity index (χ4n) is 4.99. The van der Waals surface area contributed by atoms with Crippen molar-refractivity contribution in [2.24, 2.45) is 28.7 Å². The molecule has 5 unspecified atom stereocenters. The van der Waals surface area contributed by atoms with E-state index in [0.29, 0.717) is 32.0 Å². The fraction of sp³-hybridized carbons (Fsp3) is 0.522. The van der Waals surface area contributed by atoms with Crippen LogP contribution in [0.5, 0.6) is 0 Å². The third-order valence-electron chi connectivity index (χ3n) is 6.44. The van der Waals surface area contributed by atoms with Gasteiger partial charge in [0.1, 0.15) is 11.9 Å². The highest BCUT2D eigenvalue weighted by molar-refractivity contribution is 14.0. The number of allylic oxidation sites excluding steroid dienone is 2. The van der Waals surface area contributed by atoms with Crippen LogP contribution < -0.4 is 10.6 Å². The Morgan fingerprint density at radius 2 is 1.84 bits per heavy atom. The molecule has 1 aromatic rings. The molecule has 3 aliphatic rings. The molecule has 32 heavy (non-hydrogen) atoms. The van der Waals surface area contributed by atoms with Crippen LogP contribution >= 0.6 is 24.0 Å². The fourth-order valence-corrected chi connectivity index (χ4v) is 4.99. The van der Waals surface area contributed by atoms with Gasteiger partial charge in [-0.3, -0.25) is 19.5 Å². The lowest BCUT2D eigenvalue weighted by Crippen LogP contribution is -2.40. The second-order valence-electron chi connectivity index (χ2n) is 8.37. The minimum atomic E-state index is -1.04. The van der Waals surface area contributed by atoms with Crippen LogP contribution in [0.2, 0.25) is 0 Å². The van der Waals surface area contributed by atoms with Gasteiger partial charge in [-0.1, -0.05) is 30.4 Å². The van der Waals surface area contributed by atoms with Gasteiger partial charge in [-0.2, -0.15) is 0 Å². The van der Waals surface area contributed by atoms with Crippen molar-refractivity contribution in [3.05, 3.63) is 47.8 Å². The second kappa shape index (κ2) is 10.7. The summed E-state index contributed by atoms with van der Waals surface area (Å²) in [5.74, 6) is 0.114. The lowest BCUT2D eigenvalue weighted by molar-refractivity contribution is -0.140. The van der Waals surface area contributed by atoms with Gasteiger partial charge in [0.2, 0.25) is 11.8 Å². The number of amides is 2. The topological polar surface area (TPSA) is 94.0 Å². The Labute approximate surface area is 204 Å². The average Bonchev–Trinajstić information content (AvgIpc) is 3.44. The lowest BCUT2D eigenvalue weighted by Gasteiger charge is -2.18. The molecule has 2 bridgehead atoms. The van der Waals surface area contributed by atoms with Gasteiger partial charge >= 0.3 is 0 Å². The predicted octanol–water partition coefficient (Wildman–Crippen LogP) is 2.23. The number of aliphatic hydroxyl groups is 1. The standard InChI is InChI=1S/C23H29FN4O3.HI/c1-2-25-23(27-13-18(29)16-6-3-4-7-17(16)24)26-10-5-11-28-21(30)19-14-8-9-15(12-14)20(19)22(28)31;/h3-4,6-9,14-15,18-20,29H,2,5,10-13H2,1H3,(H2,25,26,27);1H. The second-order valence-corrected chi connectivity index (χ2v) is 8.37. The van der Waals surface area contributed by atoms with Gasteiger partial charge in [0.15, 0.2) is 5.96 Å². The molecule has 9 heteroatoms. The summed E-state index contributed by atoms with van der Waals surface area (Å²) in [5.41, 5.74) is 0.210. The molecule has 2 aliphatic carbocycles. The molecule has 1 saturated carbocycles.